The van der Waals surface area contributed by atoms with Crippen molar-refractivity contribution in [3.8, 4) is 11.3 Å². The Kier molecular flexibility index (Phi) is 1.94. The Morgan fingerprint density at radius 2 is 2.31 bits per heavy atom. The van der Waals surface area contributed by atoms with Crippen LogP contribution in [0.2, 0.25) is 0 Å². The van der Waals surface area contributed by atoms with Crippen molar-refractivity contribution in [2.75, 3.05) is 5.73 Å². The molecule has 0 unspecified atom stereocenters. The first-order chi connectivity index (χ1) is 7.75. The number of aromatic nitrogens is 3. The van der Waals surface area contributed by atoms with Crippen molar-refractivity contribution in [3.63, 3.8) is 0 Å². The maximum Gasteiger partial charge on any atom is 0.196 e. The topological polar surface area (TPSA) is 56.2 Å². The SMILES string of the molecule is Cc1cn2c(N)c(-c3cccnc3)nc2s1. The number of imidazole rings is 1. The molecule has 4 nitrogen and oxygen atoms in total. The monoisotopic (exact) mass is 230 g/mol. The summed E-state index contributed by atoms with van der Waals surface area (Å²) in [6.07, 6.45) is 5.51. The minimum absolute atomic E-state index is 0.673. The lowest BCUT2D eigenvalue weighted by atomic mass is 10.2. The molecule has 0 aromatic carbocycles. The molecule has 3 aromatic heterocycles. The van der Waals surface area contributed by atoms with E-state index in [9.17, 15) is 0 Å². The van der Waals surface area contributed by atoms with Crippen LogP contribution < -0.4 is 5.73 Å². The number of anilines is 1. The van der Waals surface area contributed by atoms with E-state index in [0.717, 1.165) is 16.2 Å². The van der Waals surface area contributed by atoms with Crippen molar-refractivity contribution >= 4 is 22.1 Å². The molecule has 0 amide bonds. The van der Waals surface area contributed by atoms with Gasteiger partial charge in [0.1, 0.15) is 11.5 Å². The highest BCUT2D eigenvalue weighted by Gasteiger charge is 2.12. The molecule has 0 bridgehead atoms. The normalized spacial score (nSPS) is 11.1. The van der Waals surface area contributed by atoms with Gasteiger partial charge in [0.2, 0.25) is 0 Å². The van der Waals surface area contributed by atoms with Gasteiger partial charge in [-0.05, 0) is 19.1 Å². The molecule has 0 fully saturated rings. The van der Waals surface area contributed by atoms with Gasteiger partial charge in [-0.2, -0.15) is 0 Å². The average Bonchev–Trinajstić information content (AvgIpc) is 2.79. The highest BCUT2D eigenvalue weighted by Crippen LogP contribution is 2.29. The summed E-state index contributed by atoms with van der Waals surface area (Å²) in [4.78, 5) is 10.7. The lowest BCUT2D eigenvalue weighted by molar-refractivity contribution is 1.22. The number of aryl methyl sites for hydroxylation is 1. The third-order valence-electron chi connectivity index (χ3n) is 2.41. The van der Waals surface area contributed by atoms with Crippen molar-refractivity contribution in [2.45, 2.75) is 6.92 Å². The maximum atomic E-state index is 6.06. The van der Waals surface area contributed by atoms with Crippen molar-refractivity contribution in [1.29, 1.82) is 0 Å². The second-order valence-electron chi connectivity index (χ2n) is 3.58. The number of hydrogen-bond donors (Lipinski definition) is 1. The lowest BCUT2D eigenvalue weighted by Crippen LogP contribution is -1.92. The number of nitrogen functional groups attached to an aromatic ring is 1. The van der Waals surface area contributed by atoms with Gasteiger partial charge in [-0.25, -0.2) is 4.98 Å². The second-order valence-corrected chi connectivity index (χ2v) is 4.79. The summed E-state index contributed by atoms with van der Waals surface area (Å²) in [5, 5.41) is 0. The molecule has 0 saturated heterocycles. The average molecular weight is 230 g/mol. The van der Waals surface area contributed by atoms with E-state index >= 15 is 0 Å². The van der Waals surface area contributed by atoms with Crippen LogP contribution >= 0.6 is 11.3 Å². The molecule has 0 spiro atoms. The van der Waals surface area contributed by atoms with E-state index in [1.54, 1.807) is 23.7 Å². The summed E-state index contributed by atoms with van der Waals surface area (Å²) in [5.74, 6) is 0.673. The molecule has 0 aliphatic rings. The Hall–Kier alpha value is -1.88. The zero-order valence-corrected chi connectivity index (χ0v) is 9.53. The molecule has 80 valence electrons. The standard InChI is InChI=1S/C11H10N4S/c1-7-6-15-10(12)9(14-11(15)16-7)8-3-2-4-13-5-8/h2-6H,12H2,1H3. The van der Waals surface area contributed by atoms with E-state index in [4.69, 9.17) is 5.73 Å². The Balaban J connectivity index is 2.25. The fourth-order valence-corrected chi connectivity index (χ4v) is 2.52. The molecule has 0 aliphatic heterocycles. The molecule has 0 radical (unpaired) electrons. The van der Waals surface area contributed by atoms with E-state index in [1.807, 2.05) is 29.7 Å². The van der Waals surface area contributed by atoms with Crippen molar-refractivity contribution in [2.24, 2.45) is 0 Å². The van der Waals surface area contributed by atoms with E-state index in [-0.39, 0.29) is 0 Å². The summed E-state index contributed by atoms with van der Waals surface area (Å²) in [6.45, 7) is 2.04. The van der Waals surface area contributed by atoms with Crippen LogP contribution in [0.1, 0.15) is 4.88 Å². The van der Waals surface area contributed by atoms with E-state index in [2.05, 4.69) is 9.97 Å². The summed E-state index contributed by atoms with van der Waals surface area (Å²) in [7, 11) is 0. The van der Waals surface area contributed by atoms with Crippen LogP contribution in [0.15, 0.2) is 30.7 Å². The Bertz CT molecular complexity index is 639. The summed E-state index contributed by atoms with van der Waals surface area (Å²) >= 11 is 1.63. The minimum Gasteiger partial charge on any atom is -0.383 e. The predicted molar refractivity (Wildman–Crippen MR) is 65.4 cm³/mol. The predicted octanol–water partition coefficient (Wildman–Crippen LogP) is 2.35. The third-order valence-corrected chi connectivity index (χ3v) is 3.31. The van der Waals surface area contributed by atoms with E-state index in [0.29, 0.717) is 5.82 Å². The highest BCUT2D eigenvalue weighted by molar-refractivity contribution is 7.17. The number of nitrogens with two attached hydrogens (primary N) is 1. The van der Waals surface area contributed by atoms with E-state index in [1.165, 1.54) is 4.88 Å². The van der Waals surface area contributed by atoms with Crippen LogP contribution in [-0.4, -0.2) is 14.4 Å². The minimum atomic E-state index is 0.673. The number of hydrogen-bond acceptors (Lipinski definition) is 4. The first-order valence-electron chi connectivity index (χ1n) is 4.90. The number of fused-ring (bicyclic) bond motifs is 1. The molecular formula is C11H10N4S. The molecule has 0 aliphatic carbocycles. The zero-order chi connectivity index (χ0) is 11.1. The highest BCUT2D eigenvalue weighted by atomic mass is 32.1. The zero-order valence-electron chi connectivity index (χ0n) is 8.71. The molecule has 5 heteroatoms. The number of rotatable bonds is 1. The number of pyridine rings is 1. The third kappa shape index (κ3) is 1.29. The van der Waals surface area contributed by atoms with Crippen molar-refractivity contribution in [1.82, 2.24) is 14.4 Å². The molecule has 2 N–H and O–H groups in total. The lowest BCUT2D eigenvalue weighted by Gasteiger charge is -1.97. The van der Waals surface area contributed by atoms with Gasteiger partial charge in [-0.15, -0.1) is 11.3 Å². The van der Waals surface area contributed by atoms with Crippen LogP contribution in [0, 0.1) is 6.92 Å². The van der Waals surface area contributed by atoms with Crippen molar-refractivity contribution in [3.05, 3.63) is 35.6 Å². The molecule has 3 heterocycles. The molecular weight excluding hydrogens is 220 g/mol. The van der Waals surface area contributed by atoms with Gasteiger partial charge in [0, 0.05) is 29.0 Å². The largest absolute Gasteiger partial charge is 0.383 e. The summed E-state index contributed by atoms with van der Waals surface area (Å²) in [5.41, 5.74) is 7.82. The molecule has 16 heavy (non-hydrogen) atoms. The van der Waals surface area contributed by atoms with Gasteiger partial charge in [0.05, 0.1) is 0 Å². The van der Waals surface area contributed by atoms with Crippen molar-refractivity contribution < 1.29 is 0 Å². The Morgan fingerprint density at radius 3 is 3.00 bits per heavy atom. The van der Waals surface area contributed by atoms with Crippen LogP contribution in [0.25, 0.3) is 16.2 Å². The van der Waals surface area contributed by atoms with Gasteiger partial charge >= 0.3 is 0 Å². The fraction of sp³-hybridized carbons (Fsp3) is 0.0909. The Labute approximate surface area is 96.4 Å². The van der Waals surface area contributed by atoms with Crippen LogP contribution in [0.3, 0.4) is 0 Å². The molecule has 0 atom stereocenters. The van der Waals surface area contributed by atoms with Crippen LogP contribution in [-0.2, 0) is 0 Å². The summed E-state index contributed by atoms with van der Waals surface area (Å²) < 4.78 is 1.92. The first-order valence-corrected chi connectivity index (χ1v) is 5.72. The second kappa shape index (κ2) is 3.31. The molecule has 3 rings (SSSR count). The van der Waals surface area contributed by atoms with Crippen LogP contribution in [0.4, 0.5) is 5.82 Å². The van der Waals surface area contributed by atoms with Gasteiger partial charge in [0.15, 0.2) is 4.96 Å². The van der Waals surface area contributed by atoms with E-state index < -0.39 is 0 Å². The maximum absolute atomic E-state index is 6.06. The molecule has 0 saturated carbocycles. The first kappa shape index (κ1) is 9.35. The van der Waals surface area contributed by atoms with Gasteiger partial charge in [-0.3, -0.25) is 9.38 Å². The summed E-state index contributed by atoms with van der Waals surface area (Å²) in [6, 6.07) is 3.84. The van der Waals surface area contributed by atoms with Gasteiger partial charge in [0.25, 0.3) is 0 Å². The Morgan fingerprint density at radius 1 is 1.44 bits per heavy atom. The fourth-order valence-electron chi connectivity index (χ4n) is 1.69. The van der Waals surface area contributed by atoms with Gasteiger partial charge in [-0.1, -0.05) is 0 Å². The number of thiazole rings is 1. The smallest absolute Gasteiger partial charge is 0.196 e. The number of nitrogens with zero attached hydrogens (tertiary/aromatic N) is 3. The van der Waals surface area contributed by atoms with Crippen LogP contribution in [0.5, 0.6) is 0 Å². The van der Waals surface area contributed by atoms with Gasteiger partial charge < -0.3 is 5.73 Å². The quantitative estimate of drug-likeness (QED) is 0.698. The molecule has 3 aromatic rings.